The third kappa shape index (κ3) is 2.54. The van der Waals surface area contributed by atoms with Gasteiger partial charge < -0.3 is 10.2 Å². The van der Waals surface area contributed by atoms with Crippen LogP contribution in [0.15, 0.2) is 5.38 Å². The molecule has 0 radical (unpaired) electrons. The Morgan fingerprint density at radius 3 is 2.47 bits per heavy atom. The number of thiazole rings is 1. The molecule has 0 bridgehead atoms. The van der Waals surface area contributed by atoms with Gasteiger partial charge in [0, 0.05) is 30.2 Å². The van der Waals surface area contributed by atoms with Crippen LogP contribution in [0.1, 0.15) is 37.4 Å². The summed E-state index contributed by atoms with van der Waals surface area (Å²) in [6.45, 7) is 8.96. The van der Waals surface area contributed by atoms with Crippen LogP contribution < -0.4 is 5.32 Å². The van der Waals surface area contributed by atoms with Crippen LogP contribution in [0.5, 0.6) is 0 Å². The van der Waals surface area contributed by atoms with Gasteiger partial charge in [-0.3, -0.25) is 0 Å². The van der Waals surface area contributed by atoms with Gasteiger partial charge in [-0.05, 0) is 40.7 Å². The maximum atomic E-state index is 4.68. The second-order valence-electron chi connectivity index (χ2n) is 5.26. The maximum Gasteiger partial charge on any atom is 0.113 e. The van der Waals surface area contributed by atoms with Gasteiger partial charge in [-0.1, -0.05) is 0 Å². The molecule has 2 rings (SSSR count). The Morgan fingerprint density at radius 1 is 1.41 bits per heavy atom. The van der Waals surface area contributed by atoms with Gasteiger partial charge in [0.25, 0.3) is 0 Å². The fraction of sp³-hybridized carbons (Fsp3) is 0.769. The van der Waals surface area contributed by atoms with Crippen molar-refractivity contribution in [3.05, 3.63) is 16.1 Å². The van der Waals surface area contributed by atoms with Crippen LogP contribution in [-0.2, 0) is 5.54 Å². The number of hydrogen-bond donors (Lipinski definition) is 1. The maximum absolute atomic E-state index is 4.68. The number of aromatic nitrogens is 1. The molecule has 0 aromatic carbocycles. The molecule has 0 spiro atoms. The van der Waals surface area contributed by atoms with Crippen molar-refractivity contribution >= 4 is 11.3 Å². The zero-order valence-electron chi connectivity index (χ0n) is 11.3. The number of hydrogen-bond acceptors (Lipinski definition) is 4. The molecule has 17 heavy (non-hydrogen) atoms. The van der Waals surface area contributed by atoms with E-state index in [-0.39, 0.29) is 5.54 Å². The Kier molecular flexibility index (Phi) is 3.85. The van der Waals surface area contributed by atoms with Crippen LogP contribution in [0.3, 0.4) is 0 Å². The van der Waals surface area contributed by atoms with Crippen molar-refractivity contribution < 1.29 is 0 Å². The molecule has 1 saturated heterocycles. The van der Waals surface area contributed by atoms with Crippen LogP contribution in [0.2, 0.25) is 0 Å². The fourth-order valence-electron chi connectivity index (χ4n) is 2.57. The van der Waals surface area contributed by atoms with Crippen molar-refractivity contribution in [2.45, 2.75) is 45.2 Å². The number of piperidine rings is 1. The van der Waals surface area contributed by atoms with E-state index < -0.39 is 0 Å². The van der Waals surface area contributed by atoms with Gasteiger partial charge >= 0.3 is 0 Å². The molecule has 0 unspecified atom stereocenters. The van der Waals surface area contributed by atoms with E-state index in [1.54, 1.807) is 11.3 Å². The van der Waals surface area contributed by atoms with E-state index in [2.05, 4.69) is 48.4 Å². The zero-order chi connectivity index (χ0) is 12.5. The number of nitrogens with zero attached hydrogens (tertiary/aromatic N) is 2. The summed E-state index contributed by atoms with van der Waals surface area (Å²) in [5.41, 5.74) is 1.26. The van der Waals surface area contributed by atoms with E-state index >= 15 is 0 Å². The monoisotopic (exact) mass is 253 g/mol. The van der Waals surface area contributed by atoms with Crippen LogP contribution in [-0.4, -0.2) is 36.1 Å². The molecule has 0 aliphatic carbocycles. The lowest BCUT2D eigenvalue weighted by atomic mass is 9.87. The second kappa shape index (κ2) is 5.04. The second-order valence-corrected chi connectivity index (χ2v) is 6.11. The highest BCUT2D eigenvalue weighted by Gasteiger charge is 2.37. The van der Waals surface area contributed by atoms with Crippen molar-refractivity contribution in [3.8, 4) is 0 Å². The Hall–Kier alpha value is -0.450. The minimum absolute atomic E-state index is 0.115. The van der Waals surface area contributed by atoms with Crippen molar-refractivity contribution in [1.82, 2.24) is 15.2 Å². The summed E-state index contributed by atoms with van der Waals surface area (Å²) in [5.74, 6) is 0. The van der Waals surface area contributed by atoms with Gasteiger partial charge in [0.2, 0.25) is 0 Å². The van der Waals surface area contributed by atoms with Crippen LogP contribution in [0.4, 0.5) is 0 Å². The summed E-state index contributed by atoms with van der Waals surface area (Å²) < 4.78 is 0. The van der Waals surface area contributed by atoms with Crippen LogP contribution in [0.25, 0.3) is 0 Å². The van der Waals surface area contributed by atoms with Crippen molar-refractivity contribution in [1.29, 1.82) is 0 Å². The highest BCUT2D eigenvalue weighted by Crippen LogP contribution is 2.34. The number of aryl methyl sites for hydroxylation is 1. The average Bonchev–Trinajstić information content (AvgIpc) is 2.76. The molecule has 3 nitrogen and oxygen atoms in total. The highest BCUT2D eigenvalue weighted by molar-refractivity contribution is 7.09. The summed E-state index contributed by atoms with van der Waals surface area (Å²) in [6.07, 6.45) is 2.32. The number of rotatable bonds is 3. The lowest BCUT2D eigenvalue weighted by Gasteiger charge is -2.42. The van der Waals surface area contributed by atoms with E-state index in [0.29, 0.717) is 6.04 Å². The first-order valence-corrected chi connectivity index (χ1v) is 7.31. The minimum Gasteiger partial charge on any atom is -0.308 e. The van der Waals surface area contributed by atoms with Gasteiger partial charge in [0.05, 0.1) is 5.54 Å². The molecular weight excluding hydrogens is 230 g/mol. The molecule has 0 atom stereocenters. The third-order valence-corrected chi connectivity index (χ3v) is 5.05. The topological polar surface area (TPSA) is 28.2 Å². The van der Waals surface area contributed by atoms with Gasteiger partial charge in [-0.25, -0.2) is 4.98 Å². The molecule has 1 aliphatic heterocycles. The first-order chi connectivity index (χ1) is 8.07. The van der Waals surface area contributed by atoms with Crippen molar-refractivity contribution in [2.24, 2.45) is 0 Å². The van der Waals surface area contributed by atoms with Crippen LogP contribution >= 0.6 is 11.3 Å². The number of nitrogens with one attached hydrogen (secondary N) is 1. The molecule has 96 valence electrons. The summed E-state index contributed by atoms with van der Waals surface area (Å²) >= 11 is 1.80. The standard InChI is InChI=1S/C13H23N3S/c1-10(2)16-7-5-13(14-4,6-8-16)12-15-11(3)9-17-12/h9-10,14H,5-8H2,1-4H3. The van der Waals surface area contributed by atoms with Crippen LogP contribution in [0, 0.1) is 6.92 Å². The molecule has 2 heterocycles. The Balaban J connectivity index is 2.13. The molecule has 1 aliphatic rings. The van der Waals surface area contributed by atoms with Crippen molar-refractivity contribution in [2.75, 3.05) is 20.1 Å². The Morgan fingerprint density at radius 2 is 2.06 bits per heavy atom. The molecule has 1 fully saturated rings. The Labute approximate surface area is 108 Å². The quantitative estimate of drug-likeness (QED) is 0.896. The van der Waals surface area contributed by atoms with Gasteiger partial charge in [-0.2, -0.15) is 0 Å². The van der Waals surface area contributed by atoms with E-state index in [4.69, 9.17) is 0 Å². The minimum atomic E-state index is 0.115. The molecular formula is C13H23N3S. The highest BCUT2D eigenvalue weighted by atomic mass is 32.1. The average molecular weight is 253 g/mol. The SMILES string of the molecule is CNC1(c2nc(C)cs2)CCN(C(C)C)CC1. The summed E-state index contributed by atoms with van der Waals surface area (Å²) in [5, 5.41) is 6.95. The smallest absolute Gasteiger partial charge is 0.113 e. The number of likely N-dealkylation sites (tertiary alicyclic amines) is 1. The first kappa shape index (κ1) is 13.0. The van der Waals surface area contributed by atoms with E-state index in [1.807, 2.05) is 0 Å². The van der Waals surface area contributed by atoms with Gasteiger partial charge in [0.1, 0.15) is 5.01 Å². The van der Waals surface area contributed by atoms with Crippen molar-refractivity contribution in [3.63, 3.8) is 0 Å². The van der Waals surface area contributed by atoms with Gasteiger partial charge in [0.15, 0.2) is 0 Å². The zero-order valence-corrected chi connectivity index (χ0v) is 12.1. The van der Waals surface area contributed by atoms with E-state index in [0.717, 1.165) is 31.6 Å². The van der Waals surface area contributed by atoms with Gasteiger partial charge in [-0.15, -0.1) is 11.3 Å². The summed E-state index contributed by atoms with van der Waals surface area (Å²) in [4.78, 5) is 7.24. The normalized spacial score (nSPS) is 21.0. The van der Waals surface area contributed by atoms with E-state index in [1.165, 1.54) is 5.01 Å². The summed E-state index contributed by atoms with van der Waals surface area (Å²) in [7, 11) is 2.07. The Bertz CT molecular complexity index is 364. The predicted molar refractivity (Wildman–Crippen MR) is 73.5 cm³/mol. The predicted octanol–water partition coefficient (Wildman–Crippen LogP) is 2.37. The molecule has 0 saturated carbocycles. The largest absolute Gasteiger partial charge is 0.308 e. The lowest BCUT2D eigenvalue weighted by molar-refractivity contribution is 0.114. The molecule has 0 amide bonds. The summed E-state index contributed by atoms with van der Waals surface area (Å²) in [6, 6.07) is 0.655. The fourth-order valence-corrected chi connectivity index (χ4v) is 3.63. The lowest BCUT2D eigenvalue weighted by Crippen LogP contribution is -2.51. The molecule has 4 heteroatoms. The van der Waals surface area contributed by atoms with E-state index in [9.17, 15) is 0 Å². The molecule has 1 N–H and O–H groups in total. The molecule has 1 aromatic heterocycles. The molecule has 1 aromatic rings. The first-order valence-electron chi connectivity index (χ1n) is 6.43. The third-order valence-electron chi connectivity index (χ3n) is 3.89.